The van der Waals surface area contributed by atoms with E-state index in [0.29, 0.717) is 12.0 Å². The lowest BCUT2D eigenvalue weighted by atomic mass is 10.1. The summed E-state index contributed by atoms with van der Waals surface area (Å²) in [4.78, 5) is 12.3. The standard InChI is InChI=1S/C9H12BN4/c1-8(2)13-6-7-14(10-13)9-11-4-3-5-12-9/h3-8H,1-2H3. The molecule has 14 heavy (non-hydrogen) atoms. The van der Waals surface area contributed by atoms with E-state index < -0.39 is 0 Å². The molecule has 1 aromatic heterocycles. The molecule has 1 aliphatic heterocycles. The third-order valence-electron chi connectivity index (χ3n) is 2.04. The molecule has 0 spiro atoms. The van der Waals surface area contributed by atoms with Crippen LogP contribution in [0.4, 0.5) is 5.95 Å². The Labute approximate surface area is 84.6 Å². The predicted molar refractivity (Wildman–Crippen MR) is 56.4 cm³/mol. The Bertz CT molecular complexity index is 325. The Morgan fingerprint density at radius 3 is 2.50 bits per heavy atom. The van der Waals surface area contributed by atoms with Crippen LogP contribution in [0.1, 0.15) is 13.8 Å². The lowest BCUT2D eigenvalue weighted by molar-refractivity contribution is 0.491. The first kappa shape index (κ1) is 9.06. The Kier molecular flexibility index (Phi) is 2.39. The van der Waals surface area contributed by atoms with Gasteiger partial charge in [-0.05, 0) is 19.9 Å². The zero-order valence-corrected chi connectivity index (χ0v) is 8.33. The topological polar surface area (TPSA) is 32.3 Å². The van der Waals surface area contributed by atoms with Gasteiger partial charge in [0, 0.05) is 30.8 Å². The van der Waals surface area contributed by atoms with Crippen molar-refractivity contribution < 1.29 is 0 Å². The maximum absolute atomic E-state index is 4.16. The van der Waals surface area contributed by atoms with Gasteiger partial charge < -0.3 is 9.62 Å². The van der Waals surface area contributed by atoms with Crippen molar-refractivity contribution in [3.05, 3.63) is 30.9 Å². The molecule has 0 atom stereocenters. The summed E-state index contributed by atoms with van der Waals surface area (Å²) in [7, 11) is 1.99. The minimum atomic E-state index is 0.458. The Morgan fingerprint density at radius 2 is 1.93 bits per heavy atom. The molecule has 0 aliphatic carbocycles. The molecule has 0 aromatic carbocycles. The molecule has 0 saturated heterocycles. The average Bonchev–Trinajstić information content (AvgIpc) is 2.68. The molecule has 0 bridgehead atoms. The highest BCUT2D eigenvalue weighted by molar-refractivity contribution is 6.40. The van der Waals surface area contributed by atoms with Crippen LogP contribution in [0.5, 0.6) is 0 Å². The molecule has 5 heteroatoms. The predicted octanol–water partition coefficient (Wildman–Crippen LogP) is 1.01. The van der Waals surface area contributed by atoms with E-state index in [-0.39, 0.29) is 0 Å². The van der Waals surface area contributed by atoms with E-state index >= 15 is 0 Å². The van der Waals surface area contributed by atoms with Gasteiger partial charge in [-0.2, -0.15) is 0 Å². The molecule has 0 N–H and O–H groups in total. The summed E-state index contributed by atoms with van der Waals surface area (Å²) in [5.41, 5.74) is 0. The van der Waals surface area contributed by atoms with Crippen LogP contribution in [-0.4, -0.2) is 28.4 Å². The summed E-state index contributed by atoms with van der Waals surface area (Å²) in [6.07, 6.45) is 7.44. The number of aromatic nitrogens is 2. The maximum Gasteiger partial charge on any atom is 0.398 e. The first-order valence-electron chi connectivity index (χ1n) is 4.63. The van der Waals surface area contributed by atoms with E-state index in [1.54, 1.807) is 12.4 Å². The fraction of sp³-hybridized carbons (Fsp3) is 0.333. The van der Waals surface area contributed by atoms with Crippen LogP contribution in [0.25, 0.3) is 0 Å². The summed E-state index contributed by atoms with van der Waals surface area (Å²) in [6, 6.07) is 2.27. The summed E-state index contributed by atoms with van der Waals surface area (Å²) < 4.78 is 0. The quantitative estimate of drug-likeness (QED) is 0.646. The van der Waals surface area contributed by atoms with Crippen molar-refractivity contribution in [2.45, 2.75) is 19.9 Å². The zero-order chi connectivity index (χ0) is 9.97. The van der Waals surface area contributed by atoms with E-state index in [9.17, 15) is 0 Å². The number of hydrogen-bond donors (Lipinski definition) is 0. The molecular weight excluding hydrogens is 175 g/mol. The monoisotopic (exact) mass is 187 g/mol. The van der Waals surface area contributed by atoms with Crippen LogP contribution in [0.3, 0.4) is 0 Å². The van der Waals surface area contributed by atoms with Crippen LogP contribution >= 0.6 is 0 Å². The highest BCUT2D eigenvalue weighted by atomic mass is 15.3. The van der Waals surface area contributed by atoms with Crippen molar-refractivity contribution in [2.24, 2.45) is 0 Å². The molecule has 2 rings (SSSR count). The molecule has 1 radical (unpaired) electrons. The van der Waals surface area contributed by atoms with Gasteiger partial charge in [-0.1, -0.05) is 0 Å². The molecule has 2 heterocycles. The van der Waals surface area contributed by atoms with Gasteiger partial charge in [-0.15, -0.1) is 0 Å². The second-order valence-electron chi connectivity index (χ2n) is 3.41. The number of anilines is 1. The van der Waals surface area contributed by atoms with Gasteiger partial charge in [0.2, 0.25) is 5.95 Å². The summed E-state index contributed by atoms with van der Waals surface area (Å²) in [5.74, 6) is 0.701. The van der Waals surface area contributed by atoms with Gasteiger partial charge >= 0.3 is 7.55 Å². The third kappa shape index (κ3) is 1.71. The van der Waals surface area contributed by atoms with Gasteiger partial charge in [0.15, 0.2) is 0 Å². The number of nitrogens with zero attached hydrogens (tertiary/aromatic N) is 4. The number of rotatable bonds is 2. The summed E-state index contributed by atoms with van der Waals surface area (Å²) >= 11 is 0. The van der Waals surface area contributed by atoms with Crippen LogP contribution in [0, 0.1) is 0 Å². The fourth-order valence-electron chi connectivity index (χ4n) is 1.22. The van der Waals surface area contributed by atoms with Gasteiger partial charge in [0.25, 0.3) is 0 Å². The van der Waals surface area contributed by atoms with Gasteiger partial charge in [0.1, 0.15) is 0 Å². The lowest BCUT2D eigenvalue weighted by Gasteiger charge is -2.21. The van der Waals surface area contributed by atoms with Crippen molar-refractivity contribution in [2.75, 3.05) is 4.81 Å². The van der Waals surface area contributed by atoms with Crippen molar-refractivity contribution in [3.8, 4) is 0 Å². The molecule has 71 valence electrons. The van der Waals surface area contributed by atoms with Crippen molar-refractivity contribution in [1.82, 2.24) is 14.8 Å². The SMILES string of the molecule is CC(C)N1[B]N(c2ncccn2)C=C1. The highest BCUT2D eigenvalue weighted by Crippen LogP contribution is 2.13. The molecule has 0 saturated carbocycles. The first-order valence-corrected chi connectivity index (χ1v) is 4.63. The summed E-state index contributed by atoms with van der Waals surface area (Å²) in [6.45, 7) is 4.27. The molecule has 0 amide bonds. The number of hydrogen-bond acceptors (Lipinski definition) is 4. The van der Waals surface area contributed by atoms with Crippen LogP contribution in [0.2, 0.25) is 0 Å². The highest BCUT2D eigenvalue weighted by Gasteiger charge is 2.20. The molecule has 0 unspecified atom stereocenters. The Hall–Kier alpha value is -1.52. The second-order valence-corrected chi connectivity index (χ2v) is 3.41. The lowest BCUT2D eigenvalue weighted by Crippen LogP contribution is -2.34. The van der Waals surface area contributed by atoms with Crippen LogP contribution in [-0.2, 0) is 0 Å². The van der Waals surface area contributed by atoms with E-state index in [1.807, 2.05) is 30.8 Å². The molecule has 4 nitrogen and oxygen atoms in total. The van der Waals surface area contributed by atoms with Crippen LogP contribution in [0.15, 0.2) is 30.9 Å². The minimum Gasteiger partial charge on any atom is -0.401 e. The maximum atomic E-state index is 4.16. The average molecular weight is 187 g/mol. The van der Waals surface area contributed by atoms with Gasteiger partial charge in [0.05, 0.1) is 0 Å². The van der Waals surface area contributed by atoms with E-state index in [0.717, 1.165) is 0 Å². The van der Waals surface area contributed by atoms with E-state index in [4.69, 9.17) is 0 Å². The Balaban J connectivity index is 2.08. The smallest absolute Gasteiger partial charge is 0.398 e. The normalized spacial score (nSPS) is 15.1. The minimum absolute atomic E-state index is 0.458. The van der Waals surface area contributed by atoms with Gasteiger partial charge in [-0.3, -0.25) is 0 Å². The van der Waals surface area contributed by atoms with Crippen molar-refractivity contribution in [3.63, 3.8) is 0 Å². The van der Waals surface area contributed by atoms with E-state index in [2.05, 4.69) is 28.6 Å². The van der Waals surface area contributed by atoms with Crippen molar-refractivity contribution >= 4 is 13.5 Å². The summed E-state index contributed by atoms with van der Waals surface area (Å²) in [5, 5.41) is 0. The van der Waals surface area contributed by atoms with Crippen LogP contribution < -0.4 is 4.81 Å². The van der Waals surface area contributed by atoms with Gasteiger partial charge in [-0.25, -0.2) is 9.97 Å². The molecule has 0 fully saturated rings. The molecule has 1 aliphatic rings. The van der Waals surface area contributed by atoms with Crippen molar-refractivity contribution in [1.29, 1.82) is 0 Å². The molecular formula is C9H12BN4. The zero-order valence-electron chi connectivity index (χ0n) is 8.33. The largest absolute Gasteiger partial charge is 0.401 e. The molecule has 1 aromatic rings. The first-order chi connectivity index (χ1) is 6.77. The van der Waals surface area contributed by atoms with E-state index in [1.165, 1.54) is 0 Å². The fourth-order valence-corrected chi connectivity index (χ4v) is 1.22. The third-order valence-corrected chi connectivity index (χ3v) is 2.04. The second kappa shape index (κ2) is 3.70. The Morgan fingerprint density at radius 1 is 1.21 bits per heavy atom.